The van der Waals surface area contributed by atoms with Crippen molar-refractivity contribution in [1.29, 1.82) is 0 Å². The predicted octanol–water partition coefficient (Wildman–Crippen LogP) is 2.04. The second-order valence-electron chi connectivity index (χ2n) is 2.77. The predicted molar refractivity (Wildman–Crippen MR) is 57.6 cm³/mol. The molecule has 4 nitrogen and oxygen atoms in total. The fourth-order valence-electron chi connectivity index (χ4n) is 1.20. The van der Waals surface area contributed by atoms with Crippen molar-refractivity contribution >= 4 is 38.4 Å². The molecule has 2 rings (SSSR count). The summed E-state index contributed by atoms with van der Waals surface area (Å²) >= 11 is 9.05. The molecule has 6 heteroatoms. The van der Waals surface area contributed by atoms with Crippen LogP contribution in [0.25, 0.3) is 10.9 Å². The molecule has 0 fully saturated rings. The summed E-state index contributed by atoms with van der Waals surface area (Å²) in [7, 11) is 0. The topological polar surface area (TPSA) is 58.6 Å². The van der Waals surface area contributed by atoms with E-state index < -0.39 is 0 Å². The molecule has 0 spiro atoms. The van der Waals surface area contributed by atoms with Gasteiger partial charge in [-0.25, -0.2) is 9.97 Å². The van der Waals surface area contributed by atoms with Gasteiger partial charge in [-0.3, -0.25) is 4.79 Å². The number of aromatic nitrogens is 3. The van der Waals surface area contributed by atoms with Crippen molar-refractivity contribution in [3.63, 3.8) is 0 Å². The summed E-state index contributed by atoms with van der Waals surface area (Å²) in [6.45, 7) is 1.69. The molecule has 0 bridgehead atoms. The summed E-state index contributed by atoms with van der Waals surface area (Å²) in [5.74, 6) is 0.518. The Morgan fingerprint density at radius 2 is 2.29 bits per heavy atom. The van der Waals surface area contributed by atoms with Gasteiger partial charge in [-0.15, -0.1) is 0 Å². The molecule has 0 radical (unpaired) electrons. The van der Waals surface area contributed by atoms with Crippen LogP contribution >= 0.6 is 27.5 Å². The Bertz CT molecular complexity index is 566. The third-order valence-electron chi connectivity index (χ3n) is 1.76. The number of nitrogens with one attached hydrogen (secondary N) is 1. The average molecular weight is 275 g/mol. The molecule has 2 aromatic rings. The number of hydrogen-bond donors (Lipinski definition) is 1. The van der Waals surface area contributed by atoms with Gasteiger partial charge in [-0.05, 0) is 22.9 Å². The molecule has 2 heterocycles. The van der Waals surface area contributed by atoms with E-state index >= 15 is 0 Å². The van der Waals surface area contributed by atoms with Gasteiger partial charge in [0, 0.05) is 6.20 Å². The van der Waals surface area contributed by atoms with Gasteiger partial charge in [-0.1, -0.05) is 11.6 Å². The fraction of sp³-hybridized carbons (Fsp3) is 0.125. The first kappa shape index (κ1) is 9.61. The van der Waals surface area contributed by atoms with Crippen molar-refractivity contribution in [2.45, 2.75) is 6.92 Å². The molecule has 1 N–H and O–H groups in total. The van der Waals surface area contributed by atoms with Crippen LogP contribution in [0.3, 0.4) is 0 Å². The molecule has 0 saturated carbocycles. The molecule has 0 aliphatic rings. The molecule has 0 saturated heterocycles. The molecular formula is C8H5BrClN3O. The standard InChI is InChI=1S/C8H5BrClN3O/c1-3-12-6-5(8(14)13-3)4(9)2-11-7(6)10/h2H,1H3,(H,12,13,14). The number of hydrogen-bond acceptors (Lipinski definition) is 3. The number of fused-ring (bicyclic) bond motifs is 1. The summed E-state index contributed by atoms with van der Waals surface area (Å²) in [5, 5.41) is 0.660. The van der Waals surface area contributed by atoms with Crippen molar-refractivity contribution < 1.29 is 0 Å². The minimum atomic E-state index is -0.219. The monoisotopic (exact) mass is 273 g/mol. The lowest BCUT2D eigenvalue weighted by Gasteiger charge is -2.01. The van der Waals surface area contributed by atoms with Gasteiger partial charge >= 0.3 is 0 Å². The van der Waals surface area contributed by atoms with E-state index in [9.17, 15) is 4.79 Å². The number of pyridine rings is 1. The van der Waals surface area contributed by atoms with Crippen LogP contribution in [0.5, 0.6) is 0 Å². The summed E-state index contributed by atoms with van der Waals surface area (Å²) in [4.78, 5) is 22.2. The Labute approximate surface area is 92.5 Å². The van der Waals surface area contributed by atoms with E-state index in [1.165, 1.54) is 6.20 Å². The molecule has 0 amide bonds. The number of rotatable bonds is 0. The Morgan fingerprint density at radius 1 is 1.57 bits per heavy atom. The van der Waals surface area contributed by atoms with E-state index in [0.29, 0.717) is 21.2 Å². The van der Waals surface area contributed by atoms with Crippen LogP contribution in [0.4, 0.5) is 0 Å². The third kappa shape index (κ3) is 1.42. The molecule has 2 aromatic heterocycles. The zero-order valence-corrected chi connectivity index (χ0v) is 9.48. The molecule has 72 valence electrons. The zero-order valence-electron chi connectivity index (χ0n) is 7.14. The molecule has 0 aromatic carbocycles. The quantitative estimate of drug-likeness (QED) is 0.748. The molecule has 14 heavy (non-hydrogen) atoms. The van der Waals surface area contributed by atoms with Crippen LogP contribution in [0.15, 0.2) is 15.5 Å². The third-order valence-corrected chi connectivity index (χ3v) is 2.64. The number of H-pyrrole nitrogens is 1. The van der Waals surface area contributed by atoms with Gasteiger partial charge in [0.1, 0.15) is 11.3 Å². The highest BCUT2D eigenvalue weighted by atomic mass is 79.9. The van der Waals surface area contributed by atoms with Crippen molar-refractivity contribution in [2.24, 2.45) is 0 Å². The van der Waals surface area contributed by atoms with Crippen molar-refractivity contribution in [3.8, 4) is 0 Å². The summed E-state index contributed by atoms with van der Waals surface area (Å²) < 4.78 is 0.589. The fourth-order valence-corrected chi connectivity index (χ4v) is 1.85. The maximum absolute atomic E-state index is 11.6. The van der Waals surface area contributed by atoms with Gasteiger partial charge < -0.3 is 4.98 Å². The number of aryl methyl sites for hydroxylation is 1. The maximum Gasteiger partial charge on any atom is 0.260 e. The lowest BCUT2D eigenvalue weighted by molar-refractivity contribution is 1.05. The minimum Gasteiger partial charge on any atom is -0.310 e. The van der Waals surface area contributed by atoms with Gasteiger partial charge in [0.05, 0.1) is 9.86 Å². The van der Waals surface area contributed by atoms with Crippen LogP contribution in [-0.2, 0) is 0 Å². The molecule has 0 atom stereocenters. The van der Waals surface area contributed by atoms with Crippen molar-refractivity contribution in [1.82, 2.24) is 15.0 Å². The molecular weight excluding hydrogens is 269 g/mol. The van der Waals surface area contributed by atoms with E-state index in [4.69, 9.17) is 11.6 Å². The highest BCUT2D eigenvalue weighted by Gasteiger charge is 2.09. The smallest absolute Gasteiger partial charge is 0.260 e. The van der Waals surface area contributed by atoms with Crippen molar-refractivity contribution in [3.05, 3.63) is 32.0 Å². The van der Waals surface area contributed by atoms with E-state index in [-0.39, 0.29) is 10.7 Å². The van der Waals surface area contributed by atoms with Crippen LogP contribution < -0.4 is 5.56 Å². The Morgan fingerprint density at radius 3 is 3.00 bits per heavy atom. The lowest BCUT2D eigenvalue weighted by Crippen LogP contribution is -2.10. The Hall–Kier alpha value is -0.940. The van der Waals surface area contributed by atoms with Gasteiger partial charge in [-0.2, -0.15) is 0 Å². The first-order valence-corrected chi connectivity index (χ1v) is 4.97. The van der Waals surface area contributed by atoms with Gasteiger partial charge in [0.15, 0.2) is 5.15 Å². The van der Waals surface area contributed by atoms with Crippen LogP contribution in [0.2, 0.25) is 5.15 Å². The number of nitrogens with zero attached hydrogens (tertiary/aromatic N) is 2. The summed E-state index contributed by atoms with van der Waals surface area (Å²) in [6.07, 6.45) is 1.48. The van der Waals surface area contributed by atoms with Gasteiger partial charge in [0.25, 0.3) is 5.56 Å². The summed E-state index contributed by atoms with van der Waals surface area (Å²) in [6, 6.07) is 0. The van der Waals surface area contributed by atoms with Crippen LogP contribution in [-0.4, -0.2) is 15.0 Å². The minimum absolute atomic E-state index is 0.219. The highest BCUT2D eigenvalue weighted by Crippen LogP contribution is 2.23. The van der Waals surface area contributed by atoms with Gasteiger partial charge in [0.2, 0.25) is 0 Å². The van der Waals surface area contributed by atoms with E-state index in [2.05, 4.69) is 30.9 Å². The first-order chi connectivity index (χ1) is 6.59. The Kier molecular flexibility index (Phi) is 2.28. The number of aromatic amines is 1. The number of halogens is 2. The van der Waals surface area contributed by atoms with Crippen LogP contribution in [0, 0.1) is 6.92 Å². The summed E-state index contributed by atoms with van der Waals surface area (Å²) in [5.41, 5.74) is 0.200. The molecule has 0 aliphatic heterocycles. The highest BCUT2D eigenvalue weighted by molar-refractivity contribution is 9.10. The normalized spacial score (nSPS) is 10.8. The SMILES string of the molecule is Cc1nc2c(Cl)ncc(Br)c2c(=O)[nH]1. The van der Waals surface area contributed by atoms with E-state index in [0.717, 1.165) is 0 Å². The second-order valence-corrected chi connectivity index (χ2v) is 3.98. The molecule has 0 unspecified atom stereocenters. The zero-order chi connectivity index (χ0) is 10.3. The van der Waals surface area contributed by atoms with Crippen LogP contribution in [0.1, 0.15) is 5.82 Å². The maximum atomic E-state index is 11.6. The van der Waals surface area contributed by atoms with E-state index in [1.807, 2.05) is 0 Å². The van der Waals surface area contributed by atoms with Crippen molar-refractivity contribution in [2.75, 3.05) is 0 Å². The molecule has 0 aliphatic carbocycles. The average Bonchev–Trinajstić information content (AvgIpc) is 2.10. The Balaban J connectivity index is 3.08. The van der Waals surface area contributed by atoms with E-state index in [1.54, 1.807) is 6.92 Å². The second kappa shape index (κ2) is 3.33. The first-order valence-electron chi connectivity index (χ1n) is 3.80. The lowest BCUT2D eigenvalue weighted by atomic mass is 10.3. The largest absolute Gasteiger partial charge is 0.310 e.